The Hall–Kier alpha value is -2.99. The number of rotatable bonds is 3. The van der Waals surface area contributed by atoms with Crippen LogP contribution in [0.25, 0.3) is 10.8 Å². The van der Waals surface area contributed by atoms with Gasteiger partial charge in [0.15, 0.2) is 5.54 Å². The second-order valence-corrected chi connectivity index (χ2v) is 6.02. The van der Waals surface area contributed by atoms with E-state index in [0.29, 0.717) is 5.56 Å². The summed E-state index contributed by atoms with van der Waals surface area (Å²) in [4.78, 5) is 11.0. The molecule has 0 aliphatic carbocycles. The summed E-state index contributed by atoms with van der Waals surface area (Å²) in [7, 11) is -2.76. The minimum Gasteiger partial charge on any atom is -0.479 e. The Morgan fingerprint density at radius 3 is 1.60 bits per heavy atom. The largest absolute Gasteiger partial charge is 0.479 e. The second-order valence-electron chi connectivity index (χ2n) is 5.40. The van der Waals surface area contributed by atoms with E-state index in [4.69, 9.17) is 5.11 Å². The number of hydrogen-bond acceptors (Lipinski definition) is 4. The van der Waals surface area contributed by atoms with Crippen molar-refractivity contribution in [2.75, 3.05) is 0 Å². The van der Waals surface area contributed by atoms with Crippen LogP contribution in [0.1, 0.15) is 12.5 Å². The third-order valence-corrected chi connectivity index (χ3v) is 4.18. The monoisotopic (exact) mass is 355 g/mol. The Bertz CT molecular complexity index is 927. The Balaban J connectivity index is 0.000000194. The summed E-state index contributed by atoms with van der Waals surface area (Å²) in [5, 5.41) is 11.6. The van der Waals surface area contributed by atoms with Gasteiger partial charge in [-0.25, -0.2) is 4.79 Å². The van der Waals surface area contributed by atoms with E-state index in [1.165, 1.54) is 29.8 Å². The topological polar surface area (TPSA) is 83.8 Å². The Morgan fingerprint density at radius 1 is 0.840 bits per heavy atom. The fraction of sp³-hybridized carbons (Fsp3) is 0.105. The molecular formula is C19H17NO4S. The minimum atomic E-state index is -2.76. The number of carboxylic acid groups (broad SMARTS) is 1. The van der Waals surface area contributed by atoms with Gasteiger partial charge in [0, 0.05) is 0 Å². The van der Waals surface area contributed by atoms with Gasteiger partial charge in [0.05, 0.1) is 0 Å². The second kappa shape index (κ2) is 8.21. The first-order valence-corrected chi connectivity index (χ1v) is 8.51. The van der Waals surface area contributed by atoms with Crippen molar-refractivity contribution in [1.82, 2.24) is 0 Å². The van der Waals surface area contributed by atoms with Gasteiger partial charge in [0.1, 0.15) is 0 Å². The normalized spacial score (nSPS) is 12.4. The highest BCUT2D eigenvalue weighted by molar-refractivity contribution is 7.61. The summed E-state index contributed by atoms with van der Waals surface area (Å²) in [5.41, 5.74) is -1.44. The molecule has 0 bridgehead atoms. The Labute approximate surface area is 147 Å². The van der Waals surface area contributed by atoms with Crippen LogP contribution >= 0.6 is 0 Å². The molecule has 0 saturated heterocycles. The molecule has 6 heteroatoms. The van der Waals surface area contributed by atoms with Gasteiger partial charge in [-0.3, -0.25) is 0 Å². The summed E-state index contributed by atoms with van der Waals surface area (Å²) < 4.78 is 24.1. The van der Waals surface area contributed by atoms with Gasteiger partial charge in [-0.05, 0) is 23.3 Å². The van der Waals surface area contributed by atoms with E-state index in [-0.39, 0.29) is 0 Å². The van der Waals surface area contributed by atoms with Crippen LogP contribution < -0.4 is 0 Å². The third kappa shape index (κ3) is 4.74. The molecule has 0 saturated carbocycles. The first kappa shape index (κ1) is 18.4. The number of aliphatic carboxylic acids is 1. The van der Waals surface area contributed by atoms with Crippen LogP contribution in [-0.4, -0.2) is 19.5 Å². The highest BCUT2D eigenvalue weighted by atomic mass is 32.2. The molecule has 0 fully saturated rings. The van der Waals surface area contributed by atoms with E-state index in [1.807, 2.05) is 0 Å². The van der Waals surface area contributed by atoms with E-state index in [2.05, 4.69) is 52.9 Å². The lowest BCUT2D eigenvalue weighted by atomic mass is 9.94. The van der Waals surface area contributed by atoms with Crippen molar-refractivity contribution in [2.45, 2.75) is 12.5 Å². The molecule has 0 aromatic heterocycles. The minimum absolute atomic E-state index is 0.321. The summed E-state index contributed by atoms with van der Waals surface area (Å²) in [6.45, 7) is 1.24. The lowest BCUT2D eigenvalue weighted by molar-refractivity contribution is -0.142. The Kier molecular flexibility index (Phi) is 6.03. The maximum Gasteiger partial charge on any atom is 0.337 e. The van der Waals surface area contributed by atoms with Gasteiger partial charge in [-0.1, -0.05) is 78.9 Å². The lowest BCUT2D eigenvalue weighted by Gasteiger charge is -2.17. The van der Waals surface area contributed by atoms with Gasteiger partial charge in [-0.2, -0.15) is 8.42 Å². The maximum atomic E-state index is 11.0. The molecular weight excluding hydrogens is 338 g/mol. The smallest absolute Gasteiger partial charge is 0.337 e. The van der Waals surface area contributed by atoms with Crippen molar-refractivity contribution >= 4 is 27.2 Å². The zero-order valence-electron chi connectivity index (χ0n) is 13.5. The quantitative estimate of drug-likeness (QED) is 0.772. The molecule has 5 nitrogen and oxygen atoms in total. The molecule has 128 valence electrons. The van der Waals surface area contributed by atoms with E-state index in [9.17, 15) is 13.2 Å². The molecule has 1 N–H and O–H groups in total. The van der Waals surface area contributed by atoms with Gasteiger partial charge < -0.3 is 5.11 Å². The molecule has 1 unspecified atom stereocenters. The molecule has 0 aliphatic rings. The van der Waals surface area contributed by atoms with Crippen LogP contribution in [0.4, 0.5) is 0 Å². The highest BCUT2D eigenvalue weighted by Gasteiger charge is 2.35. The molecule has 3 aromatic rings. The zero-order valence-corrected chi connectivity index (χ0v) is 14.3. The first-order valence-electron chi connectivity index (χ1n) is 7.48. The van der Waals surface area contributed by atoms with E-state index >= 15 is 0 Å². The molecule has 1 atom stereocenters. The summed E-state index contributed by atoms with van der Waals surface area (Å²) in [5.74, 6) is -1.31. The van der Waals surface area contributed by atoms with Crippen molar-refractivity contribution in [3.05, 3.63) is 84.4 Å². The number of nitrogens with zero attached hydrogens (tertiary/aromatic N) is 1. The predicted octanol–water partition coefficient (Wildman–Crippen LogP) is 3.89. The molecule has 0 aliphatic heterocycles. The molecule has 3 aromatic carbocycles. The van der Waals surface area contributed by atoms with Crippen LogP contribution in [0.5, 0.6) is 0 Å². The van der Waals surface area contributed by atoms with Gasteiger partial charge >= 0.3 is 16.5 Å². The van der Waals surface area contributed by atoms with E-state index < -0.39 is 22.0 Å². The standard InChI is InChI=1S/C10H8.C9H9NO4S/c1-2-6-10-8-4-3-7-9(10)5-1;1-9(8(11)12,10-15(13)14)7-5-3-2-4-6-7/h1-8H;2-6H,1H3,(H,11,12). The molecule has 25 heavy (non-hydrogen) atoms. The molecule has 3 rings (SSSR count). The van der Waals surface area contributed by atoms with Crippen LogP contribution in [0.3, 0.4) is 0 Å². The summed E-state index contributed by atoms with van der Waals surface area (Å²) in [6.07, 6.45) is 0. The van der Waals surface area contributed by atoms with E-state index in [1.54, 1.807) is 18.2 Å². The SMILES string of the molecule is CC(N=S(=O)=O)(C(=O)O)c1ccccc1.c1ccc2ccccc2c1. The predicted molar refractivity (Wildman–Crippen MR) is 96.7 cm³/mol. The van der Waals surface area contributed by atoms with Crippen LogP contribution in [0.2, 0.25) is 0 Å². The van der Waals surface area contributed by atoms with Gasteiger partial charge in [0.25, 0.3) is 0 Å². The van der Waals surface area contributed by atoms with Crippen LogP contribution in [0.15, 0.2) is 83.2 Å². The van der Waals surface area contributed by atoms with Crippen LogP contribution in [-0.2, 0) is 20.8 Å². The van der Waals surface area contributed by atoms with Crippen molar-refractivity contribution < 1.29 is 18.3 Å². The number of carboxylic acids is 1. The van der Waals surface area contributed by atoms with Crippen molar-refractivity contribution in [3.63, 3.8) is 0 Å². The fourth-order valence-electron chi connectivity index (χ4n) is 2.26. The molecule has 0 amide bonds. The molecule has 0 radical (unpaired) electrons. The lowest BCUT2D eigenvalue weighted by Crippen LogP contribution is -2.29. The first-order chi connectivity index (χ1) is 11.9. The maximum absolute atomic E-state index is 11.0. The number of carbonyl (C=O) groups is 1. The van der Waals surface area contributed by atoms with Crippen molar-refractivity contribution in [3.8, 4) is 0 Å². The van der Waals surface area contributed by atoms with E-state index in [0.717, 1.165) is 0 Å². The Morgan fingerprint density at radius 2 is 1.24 bits per heavy atom. The summed E-state index contributed by atoms with van der Waals surface area (Å²) in [6, 6.07) is 24.7. The van der Waals surface area contributed by atoms with Crippen molar-refractivity contribution in [2.24, 2.45) is 4.36 Å². The zero-order chi connectivity index (χ0) is 18.3. The summed E-state index contributed by atoms with van der Waals surface area (Å²) >= 11 is 0. The average Bonchev–Trinajstić information content (AvgIpc) is 2.62. The average molecular weight is 355 g/mol. The molecule has 0 spiro atoms. The van der Waals surface area contributed by atoms with Crippen molar-refractivity contribution in [1.29, 1.82) is 0 Å². The molecule has 0 heterocycles. The van der Waals surface area contributed by atoms with Gasteiger partial charge in [0.2, 0.25) is 0 Å². The number of hydrogen-bond donors (Lipinski definition) is 1. The van der Waals surface area contributed by atoms with Crippen LogP contribution in [0, 0.1) is 0 Å². The number of fused-ring (bicyclic) bond motifs is 1. The van der Waals surface area contributed by atoms with Gasteiger partial charge in [-0.15, -0.1) is 4.36 Å². The fourth-order valence-corrected chi connectivity index (χ4v) is 2.74. The highest BCUT2D eigenvalue weighted by Crippen LogP contribution is 2.25. The third-order valence-electron chi connectivity index (χ3n) is 3.67. The number of benzene rings is 3.